The van der Waals surface area contributed by atoms with Gasteiger partial charge in [0.1, 0.15) is 5.82 Å². The Bertz CT molecular complexity index is 724. The van der Waals surface area contributed by atoms with Crippen LogP contribution in [0.2, 0.25) is 0 Å². The number of benzene rings is 2. The maximum absolute atomic E-state index is 13.8. The van der Waals surface area contributed by atoms with Crippen molar-refractivity contribution >= 4 is 11.7 Å². The molecule has 0 aliphatic carbocycles. The van der Waals surface area contributed by atoms with Crippen LogP contribution in [0.25, 0.3) is 0 Å². The fourth-order valence-electron chi connectivity index (χ4n) is 2.08. The maximum atomic E-state index is 13.8. The molecule has 22 heavy (non-hydrogen) atoms. The minimum atomic E-state index is -0.416. The molecule has 0 heterocycles. The molecule has 0 aromatic heterocycles. The van der Waals surface area contributed by atoms with Crippen LogP contribution in [0.4, 0.5) is 14.9 Å². The number of nitriles is 1. The SMILES string of the molecule is CC(c1ccccc1F)N(C)C(=O)Nc1cccc(C#N)c1. The number of amides is 2. The summed E-state index contributed by atoms with van der Waals surface area (Å²) in [6.45, 7) is 1.75. The summed E-state index contributed by atoms with van der Waals surface area (Å²) in [6.07, 6.45) is 0. The van der Waals surface area contributed by atoms with Gasteiger partial charge in [0.15, 0.2) is 0 Å². The highest BCUT2D eigenvalue weighted by atomic mass is 19.1. The Kier molecular flexibility index (Phi) is 4.74. The molecule has 0 saturated heterocycles. The highest BCUT2D eigenvalue weighted by molar-refractivity contribution is 5.89. The molecule has 2 aromatic rings. The summed E-state index contributed by atoms with van der Waals surface area (Å²) >= 11 is 0. The summed E-state index contributed by atoms with van der Waals surface area (Å²) in [7, 11) is 1.60. The molecule has 2 aromatic carbocycles. The van der Waals surface area contributed by atoms with Crippen LogP contribution < -0.4 is 5.32 Å². The van der Waals surface area contributed by atoms with E-state index in [9.17, 15) is 9.18 Å². The Morgan fingerprint density at radius 3 is 2.68 bits per heavy atom. The van der Waals surface area contributed by atoms with Gasteiger partial charge >= 0.3 is 6.03 Å². The van der Waals surface area contributed by atoms with Crippen molar-refractivity contribution in [2.75, 3.05) is 12.4 Å². The summed E-state index contributed by atoms with van der Waals surface area (Å²) in [4.78, 5) is 13.7. The molecule has 1 atom stereocenters. The van der Waals surface area contributed by atoms with Crippen molar-refractivity contribution in [3.8, 4) is 6.07 Å². The van der Waals surface area contributed by atoms with Gasteiger partial charge in [0.05, 0.1) is 17.7 Å². The fourth-order valence-corrected chi connectivity index (χ4v) is 2.08. The number of urea groups is 1. The van der Waals surface area contributed by atoms with Gasteiger partial charge < -0.3 is 10.2 Å². The van der Waals surface area contributed by atoms with Crippen molar-refractivity contribution in [2.45, 2.75) is 13.0 Å². The lowest BCUT2D eigenvalue weighted by atomic mass is 10.1. The lowest BCUT2D eigenvalue weighted by Crippen LogP contribution is -2.34. The van der Waals surface area contributed by atoms with E-state index in [0.717, 1.165) is 0 Å². The normalized spacial score (nSPS) is 11.4. The zero-order valence-corrected chi connectivity index (χ0v) is 12.4. The second kappa shape index (κ2) is 6.72. The van der Waals surface area contributed by atoms with E-state index in [4.69, 9.17) is 5.26 Å². The highest BCUT2D eigenvalue weighted by Gasteiger charge is 2.19. The van der Waals surface area contributed by atoms with Gasteiger partial charge in [0.2, 0.25) is 0 Å². The van der Waals surface area contributed by atoms with E-state index in [-0.39, 0.29) is 11.8 Å². The first-order valence-electron chi connectivity index (χ1n) is 6.81. The van der Waals surface area contributed by atoms with E-state index >= 15 is 0 Å². The van der Waals surface area contributed by atoms with Crippen LogP contribution in [0.15, 0.2) is 48.5 Å². The zero-order valence-electron chi connectivity index (χ0n) is 12.4. The molecule has 0 bridgehead atoms. The van der Waals surface area contributed by atoms with E-state index < -0.39 is 6.04 Å². The van der Waals surface area contributed by atoms with Crippen molar-refractivity contribution in [1.82, 2.24) is 4.90 Å². The van der Waals surface area contributed by atoms with Crippen molar-refractivity contribution in [2.24, 2.45) is 0 Å². The summed E-state index contributed by atoms with van der Waals surface area (Å²) in [5.41, 5.74) is 1.44. The summed E-state index contributed by atoms with van der Waals surface area (Å²) in [5.74, 6) is -0.346. The van der Waals surface area contributed by atoms with Gasteiger partial charge in [-0.1, -0.05) is 24.3 Å². The van der Waals surface area contributed by atoms with Gasteiger partial charge in [-0.3, -0.25) is 0 Å². The Morgan fingerprint density at radius 1 is 1.27 bits per heavy atom. The molecule has 0 radical (unpaired) electrons. The third-order valence-corrected chi connectivity index (χ3v) is 3.50. The van der Waals surface area contributed by atoms with Crippen LogP contribution >= 0.6 is 0 Å². The number of carbonyl (C=O) groups is 1. The van der Waals surface area contributed by atoms with Crippen LogP contribution in [0.3, 0.4) is 0 Å². The molecule has 0 fully saturated rings. The summed E-state index contributed by atoms with van der Waals surface area (Å²) < 4.78 is 13.8. The Hall–Kier alpha value is -2.87. The number of nitrogens with one attached hydrogen (secondary N) is 1. The van der Waals surface area contributed by atoms with Gasteiger partial charge in [0, 0.05) is 18.3 Å². The molecular formula is C17H16FN3O. The van der Waals surface area contributed by atoms with Crippen LogP contribution in [0.1, 0.15) is 24.1 Å². The average molecular weight is 297 g/mol. The molecule has 0 spiro atoms. The first-order chi connectivity index (χ1) is 10.5. The van der Waals surface area contributed by atoms with E-state index in [0.29, 0.717) is 16.8 Å². The van der Waals surface area contributed by atoms with E-state index in [1.54, 1.807) is 56.4 Å². The van der Waals surface area contributed by atoms with Gasteiger partial charge in [-0.2, -0.15) is 5.26 Å². The number of anilines is 1. The largest absolute Gasteiger partial charge is 0.322 e. The first-order valence-corrected chi connectivity index (χ1v) is 6.81. The third kappa shape index (κ3) is 3.41. The molecular weight excluding hydrogens is 281 g/mol. The van der Waals surface area contributed by atoms with Gasteiger partial charge in [-0.25, -0.2) is 9.18 Å². The van der Waals surface area contributed by atoms with Crippen LogP contribution in [0.5, 0.6) is 0 Å². The van der Waals surface area contributed by atoms with Gasteiger partial charge in [-0.05, 0) is 31.2 Å². The number of hydrogen-bond donors (Lipinski definition) is 1. The monoisotopic (exact) mass is 297 g/mol. The van der Waals surface area contributed by atoms with Crippen molar-refractivity contribution < 1.29 is 9.18 Å². The highest BCUT2D eigenvalue weighted by Crippen LogP contribution is 2.22. The lowest BCUT2D eigenvalue weighted by Gasteiger charge is -2.26. The quantitative estimate of drug-likeness (QED) is 0.933. The molecule has 2 rings (SSSR count). The standard InChI is InChI=1S/C17H16FN3O/c1-12(15-8-3-4-9-16(15)18)21(2)17(22)20-14-7-5-6-13(10-14)11-19/h3-10,12H,1-2H3,(H,20,22). The maximum Gasteiger partial charge on any atom is 0.322 e. The molecule has 112 valence electrons. The van der Waals surface area contributed by atoms with Crippen LogP contribution in [-0.2, 0) is 0 Å². The minimum Gasteiger partial charge on any atom is -0.321 e. The molecule has 0 aliphatic rings. The molecule has 4 nitrogen and oxygen atoms in total. The third-order valence-electron chi connectivity index (χ3n) is 3.50. The van der Waals surface area contributed by atoms with Crippen molar-refractivity contribution in [3.63, 3.8) is 0 Å². The average Bonchev–Trinajstić information content (AvgIpc) is 2.54. The molecule has 2 amide bonds. The fraction of sp³-hybridized carbons (Fsp3) is 0.176. The first kappa shape index (κ1) is 15.5. The topological polar surface area (TPSA) is 56.1 Å². The van der Waals surface area contributed by atoms with Gasteiger partial charge in [0.25, 0.3) is 0 Å². The number of hydrogen-bond acceptors (Lipinski definition) is 2. The molecule has 5 heteroatoms. The van der Waals surface area contributed by atoms with E-state index in [1.807, 2.05) is 6.07 Å². The Morgan fingerprint density at radius 2 is 2.00 bits per heavy atom. The van der Waals surface area contributed by atoms with Crippen molar-refractivity contribution in [1.29, 1.82) is 5.26 Å². The Labute approximate surface area is 128 Å². The lowest BCUT2D eigenvalue weighted by molar-refractivity contribution is 0.207. The van der Waals surface area contributed by atoms with E-state index in [2.05, 4.69) is 5.32 Å². The summed E-state index contributed by atoms with van der Waals surface area (Å²) in [5, 5.41) is 11.6. The number of rotatable bonds is 3. The predicted molar refractivity (Wildman–Crippen MR) is 82.8 cm³/mol. The van der Waals surface area contributed by atoms with Gasteiger partial charge in [-0.15, -0.1) is 0 Å². The smallest absolute Gasteiger partial charge is 0.321 e. The second-order valence-corrected chi connectivity index (χ2v) is 4.93. The zero-order chi connectivity index (χ0) is 16.1. The molecule has 1 unspecified atom stereocenters. The minimum absolute atomic E-state index is 0.346. The predicted octanol–water partition coefficient (Wildman–Crippen LogP) is 3.92. The number of carbonyl (C=O) groups excluding carboxylic acids is 1. The van der Waals surface area contributed by atoms with Crippen LogP contribution in [0, 0.1) is 17.1 Å². The second-order valence-electron chi connectivity index (χ2n) is 4.93. The summed E-state index contributed by atoms with van der Waals surface area (Å²) in [6, 6.07) is 14.2. The molecule has 1 N–H and O–H groups in total. The van der Waals surface area contributed by atoms with Crippen LogP contribution in [-0.4, -0.2) is 18.0 Å². The van der Waals surface area contributed by atoms with E-state index in [1.165, 1.54) is 11.0 Å². The Balaban J connectivity index is 2.12. The number of halogens is 1. The van der Waals surface area contributed by atoms with Crippen molar-refractivity contribution in [3.05, 3.63) is 65.5 Å². The molecule has 0 saturated carbocycles. The number of nitrogens with zero attached hydrogens (tertiary/aromatic N) is 2. The molecule has 0 aliphatic heterocycles.